The zero-order valence-electron chi connectivity index (χ0n) is 11.6. The van der Waals surface area contributed by atoms with Crippen molar-refractivity contribution in [3.8, 4) is 0 Å². The van der Waals surface area contributed by atoms with Gasteiger partial charge >= 0.3 is 0 Å². The van der Waals surface area contributed by atoms with Gasteiger partial charge in [-0.2, -0.15) is 0 Å². The molecule has 0 aliphatic carbocycles. The van der Waals surface area contributed by atoms with Crippen molar-refractivity contribution in [1.82, 2.24) is 10.3 Å². The van der Waals surface area contributed by atoms with Crippen LogP contribution < -0.4 is 5.32 Å². The van der Waals surface area contributed by atoms with Gasteiger partial charge in [-0.25, -0.2) is 0 Å². The summed E-state index contributed by atoms with van der Waals surface area (Å²) in [6.07, 6.45) is 1.96. The molecule has 0 aliphatic rings. The van der Waals surface area contributed by atoms with E-state index in [1.165, 1.54) is 16.7 Å². The highest BCUT2D eigenvalue weighted by Gasteiger charge is 2.15. The van der Waals surface area contributed by atoms with Gasteiger partial charge in [-0.1, -0.05) is 35.0 Å². The third-order valence-corrected chi connectivity index (χ3v) is 3.72. The van der Waals surface area contributed by atoms with Gasteiger partial charge in [0.1, 0.15) is 0 Å². The van der Waals surface area contributed by atoms with Crippen LogP contribution in [-0.4, -0.2) is 11.5 Å². The molecule has 3 heteroatoms. The molecule has 0 saturated carbocycles. The fourth-order valence-corrected chi connectivity index (χ4v) is 2.56. The Labute approximate surface area is 123 Å². The van der Waals surface area contributed by atoms with Crippen LogP contribution in [-0.2, 0) is 0 Å². The lowest BCUT2D eigenvalue weighted by Gasteiger charge is -2.21. The van der Waals surface area contributed by atoms with E-state index in [-0.39, 0.29) is 6.04 Å². The van der Waals surface area contributed by atoms with Crippen LogP contribution >= 0.6 is 15.9 Å². The Hall–Kier alpha value is -1.19. The van der Waals surface area contributed by atoms with Crippen LogP contribution in [0.3, 0.4) is 0 Å². The summed E-state index contributed by atoms with van der Waals surface area (Å²) in [7, 11) is 0. The van der Waals surface area contributed by atoms with Gasteiger partial charge in [0, 0.05) is 16.4 Å². The second-order valence-electron chi connectivity index (χ2n) is 4.72. The third-order valence-electron chi connectivity index (χ3n) is 3.23. The van der Waals surface area contributed by atoms with Crippen molar-refractivity contribution in [2.24, 2.45) is 0 Å². The van der Waals surface area contributed by atoms with Crippen LogP contribution in [0.1, 0.15) is 35.3 Å². The van der Waals surface area contributed by atoms with Crippen LogP contribution in [0.5, 0.6) is 0 Å². The first-order valence-corrected chi connectivity index (χ1v) is 7.33. The summed E-state index contributed by atoms with van der Waals surface area (Å²) in [6, 6.07) is 10.8. The maximum Gasteiger partial charge on any atom is 0.0594 e. The van der Waals surface area contributed by atoms with E-state index in [0.717, 1.165) is 16.7 Å². The second kappa shape index (κ2) is 6.31. The molecule has 0 amide bonds. The number of rotatable bonds is 4. The second-order valence-corrected chi connectivity index (χ2v) is 5.64. The molecule has 1 aromatic carbocycles. The molecule has 0 bridgehead atoms. The van der Waals surface area contributed by atoms with Gasteiger partial charge < -0.3 is 5.32 Å². The number of nitrogens with zero attached hydrogens (tertiary/aromatic N) is 1. The van der Waals surface area contributed by atoms with E-state index in [2.05, 4.69) is 70.4 Å². The molecule has 1 atom stereocenters. The topological polar surface area (TPSA) is 24.9 Å². The average molecular weight is 319 g/mol. The van der Waals surface area contributed by atoms with Crippen LogP contribution in [0.15, 0.2) is 41.0 Å². The van der Waals surface area contributed by atoms with Crippen molar-refractivity contribution in [1.29, 1.82) is 0 Å². The monoisotopic (exact) mass is 318 g/mol. The third kappa shape index (κ3) is 3.43. The van der Waals surface area contributed by atoms with Crippen molar-refractivity contribution in [3.05, 3.63) is 63.4 Å². The van der Waals surface area contributed by atoms with Gasteiger partial charge in [0.15, 0.2) is 0 Å². The molecule has 0 radical (unpaired) electrons. The van der Waals surface area contributed by atoms with Crippen molar-refractivity contribution in [3.63, 3.8) is 0 Å². The highest BCUT2D eigenvalue weighted by Crippen LogP contribution is 2.27. The Morgan fingerprint density at radius 3 is 2.63 bits per heavy atom. The number of hydrogen-bond acceptors (Lipinski definition) is 2. The van der Waals surface area contributed by atoms with E-state index in [4.69, 9.17) is 0 Å². The molecular weight excluding hydrogens is 300 g/mol. The number of nitrogens with one attached hydrogen (secondary N) is 1. The van der Waals surface area contributed by atoms with E-state index in [9.17, 15) is 0 Å². The summed E-state index contributed by atoms with van der Waals surface area (Å²) < 4.78 is 1.11. The predicted octanol–water partition coefficient (Wildman–Crippen LogP) is 4.16. The highest BCUT2D eigenvalue weighted by atomic mass is 79.9. The van der Waals surface area contributed by atoms with Crippen LogP contribution in [0.25, 0.3) is 0 Å². The van der Waals surface area contributed by atoms with Crippen molar-refractivity contribution in [2.45, 2.75) is 26.8 Å². The van der Waals surface area contributed by atoms with Crippen LogP contribution in [0.4, 0.5) is 0 Å². The van der Waals surface area contributed by atoms with Crippen LogP contribution in [0, 0.1) is 13.8 Å². The number of pyridine rings is 1. The summed E-state index contributed by atoms with van der Waals surface area (Å²) in [5.74, 6) is 0. The van der Waals surface area contributed by atoms with Gasteiger partial charge in [-0.15, -0.1) is 0 Å². The molecule has 1 aromatic heterocycles. The fraction of sp³-hybridized carbons (Fsp3) is 0.312. The van der Waals surface area contributed by atoms with Crippen LogP contribution in [0.2, 0.25) is 0 Å². The van der Waals surface area contributed by atoms with Crippen molar-refractivity contribution in [2.75, 3.05) is 6.54 Å². The Morgan fingerprint density at radius 1 is 1.21 bits per heavy atom. The van der Waals surface area contributed by atoms with Gasteiger partial charge in [-0.05, 0) is 55.3 Å². The first kappa shape index (κ1) is 14.2. The molecule has 2 rings (SSSR count). The van der Waals surface area contributed by atoms with Gasteiger partial charge in [-0.3, -0.25) is 4.98 Å². The maximum atomic E-state index is 4.41. The molecule has 1 heterocycles. The van der Waals surface area contributed by atoms with Gasteiger partial charge in [0.25, 0.3) is 0 Å². The molecule has 0 spiro atoms. The first-order chi connectivity index (χ1) is 9.11. The molecule has 0 aliphatic heterocycles. The minimum absolute atomic E-state index is 0.190. The normalized spacial score (nSPS) is 12.4. The summed E-state index contributed by atoms with van der Waals surface area (Å²) in [6.45, 7) is 7.20. The maximum absolute atomic E-state index is 4.41. The Morgan fingerprint density at radius 2 is 2.00 bits per heavy atom. The minimum Gasteiger partial charge on any atom is -0.306 e. The molecule has 100 valence electrons. The quantitative estimate of drug-likeness (QED) is 0.915. The van der Waals surface area contributed by atoms with E-state index >= 15 is 0 Å². The molecule has 2 aromatic rings. The number of aryl methyl sites for hydroxylation is 2. The zero-order valence-corrected chi connectivity index (χ0v) is 13.2. The molecule has 1 unspecified atom stereocenters. The largest absolute Gasteiger partial charge is 0.306 e. The predicted molar refractivity (Wildman–Crippen MR) is 83.4 cm³/mol. The number of benzene rings is 1. The van der Waals surface area contributed by atoms with E-state index in [0.29, 0.717) is 0 Å². The van der Waals surface area contributed by atoms with E-state index < -0.39 is 0 Å². The smallest absolute Gasteiger partial charge is 0.0594 e. The molecule has 0 fully saturated rings. The number of halogens is 1. The fourth-order valence-electron chi connectivity index (χ4n) is 2.18. The van der Waals surface area contributed by atoms with E-state index in [1.807, 2.05) is 13.1 Å². The molecule has 2 nitrogen and oxygen atoms in total. The summed E-state index contributed by atoms with van der Waals surface area (Å²) >= 11 is 3.56. The molecule has 1 N–H and O–H groups in total. The lowest BCUT2D eigenvalue weighted by atomic mass is 9.96. The Balaban J connectivity index is 2.44. The molecular formula is C16H19BrN2. The standard InChI is InChI=1S/C16H19BrN2/c1-4-18-16(13-7-6-12(3)19-10-13)15-9-14(17)8-5-11(15)2/h5-10,16,18H,4H2,1-3H3. The Kier molecular flexibility index (Phi) is 4.72. The lowest BCUT2D eigenvalue weighted by Crippen LogP contribution is -2.23. The summed E-state index contributed by atoms with van der Waals surface area (Å²) in [5.41, 5.74) is 4.83. The van der Waals surface area contributed by atoms with Gasteiger partial charge in [0.2, 0.25) is 0 Å². The molecule has 0 saturated heterocycles. The SMILES string of the molecule is CCNC(c1ccc(C)nc1)c1cc(Br)ccc1C. The van der Waals surface area contributed by atoms with Gasteiger partial charge in [0.05, 0.1) is 6.04 Å². The van der Waals surface area contributed by atoms with E-state index in [1.54, 1.807) is 0 Å². The summed E-state index contributed by atoms with van der Waals surface area (Å²) in [4.78, 5) is 4.41. The first-order valence-electron chi connectivity index (χ1n) is 6.53. The average Bonchev–Trinajstić information content (AvgIpc) is 2.40. The zero-order chi connectivity index (χ0) is 13.8. The summed E-state index contributed by atoms with van der Waals surface area (Å²) in [5, 5.41) is 3.54. The Bertz CT molecular complexity index is 549. The highest BCUT2D eigenvalue weighted by molar-refractivity contribution is 9.10. The van der Waals surface area contributed by atoms with Crippen molar-refractivity contribution >= 4 is 15.9 Å². The van der Waals surface area contributed by atoms with Crippen molar-refractivity contribution < 1.29 is 0 Å². The molecule has 19 heavy (non-hydrogen) atoms. The minimum atomic E-state index is 0.190. The number of aromatic nitrogens is 1. The lowest BCUT2D eigenvalue weighted by molar-refractivity contribution is 0.625. The number of hydrogen-bond donors (Lipinski definition) is 1.